The first-order valence-electron chi connectivity index (χ1n) is 3.87. The number of halogens is 4. The van der Waals surface area contributed by atoms with E-state index in [4.69, 9.17) is 0 Å². The normalized spacial score (nSPS) is 10.5. The highest BCUT2D eigenvalue weighted by Gasteiger charge is 2.15. The molecule has 0 aliphatic carbocycles. The molecule has 0 radical (unpaired) electrons. The number of hydrogen-bond acceptors (Lipinski definition) is 2. The van der Waals surface area contributed by atoms with Crippen molar-refractivity contribution in [1.82, 2.24) is 0 Å². The summed E-state index contributed by atoms with van der Waals surface area (Å²) in [4.78, 5) is 11.1. The number of benzene rings is 1. The van der Waals surface area contributed by atoms with Gasteiger partial charge < -0.3 is 4.74 Å². The molecule has 0 aliphatic rings. The van der Waals surface area contributed by atoms with Crippen LogP contribution in [0.5, 0.6) is 5.75 Å². The van der Waals surface area contributed by atoms with Gasteiger partial charge in [0.05, 0.1) is 4.47 Å². The molecule has 82 valence electrons. The van der Waals surface area contributed by atoms with Crippen LogP contribution in [0.15, 0.2) is 16.6 Å². The van der Waals surface area contributed by atoms with Gasteiger partial charge in [0.25, 0.3) is 0 Å². The third-order valence-corrected chi connectivity index (χ3v) is 4.29. The van der Waals surface area contributed by atoms with Crippen LogP contribution in [0, 0.1) is 3.57 Å². The number of rotatable bonds is 3. The molecule has 0 saturated carbocycles. The molecular formula is C9H6BrF2IO2. The molecule has 0 saturated heterocycles. The van der Waals surface area contributed by atoms with E-state index in [1.165, 1.54) is 19.1 Å². The van der Waals surface area contributed by atoms with Crippen molar-refractivity contribution in [3.05, 3.63) is 25.7 Å². The molecule has 6 heteroatoms. The molecule has 15 heavy (non-hydrogen) atoms. The van der Waals surface area contributed by atoms with E-state index in [1.54, 1.807) is 0 Å². The summed E-state index contributed by atoms with van der Waals surface area (Å²) in [7, 11) is 0. The minimum atomic E-state index is -2.87. The zero-order chi connectivity index (χ0) is 11.6. The fraction of sp³-hybridized carbons (Fsp3) is 0.222. The maximum Gasteiger partial charge on any atom is 0.387 e. The van der Waals surface area contributed by atoms with Gasteiger partial charge in [-0.2, -0.15) is 8.78 Å². The first kappa shape index (κ1) is 12.8. The van der Waals surface area contributed by atoms with Gasteiger partial charge in [-0.25, -0.2) is 0 Å². The van der Waals surface area contributed by atoms with Crippen LogP contribution < -0.4 is 4.74 Å². The maximum atomic E-state index is 12.0. The zero-order valence-electron chi connectivity index (χ0n) is 7.56. The van der Waals surface area contributed by atoms with Crippen molar-refractivity contribution in [2.75, 3.05) is 0 Å². The summed E-state index contributed by atoms with van der Waals surface area (Å²) in [5.74, 6) is -0.0944. The van der Waals surface area contributed by atoms with Gasteiger partial charge in [0.15, 0.2) is 5.78 Å². The van der Waals surface area contributed by atoms with Crippen LogP contribution in [-0.2, 0) is 0 Å². The molecule has 0 fully saturated rings. The van der Waals surface area contributed by atoms with Gasteiger partial charge in [-0.1, -0.05) is 0 Å². The molecule has 0 heterocycles. The van der Waals surface area contributed by atoms with E-state index in [1.807, 2.05) is 22.6 Å². The number of ketones is 1. The number of Topliss-reactive ketones (excluding diaryl/α,β-unsaturated/α-hetero) is 1. The van der Waals surface area contributed by atoms with Crippen LogP contribution in [0.1, 0.15) is 17.3 Å². The highest BCUT2D eigenvalue weighted by molar-refractivity contribution is 14.1. The Labute approximate surface area is 107 Å². The van der Waals surface area contributed by atoms with Crippen LogP contribution in [0.4, 0.5) is 8.78 Å². The quantitative estimate of drug-likeness (QED) is 0.578. The minimum Gasteiger partial charge on any atom is -0.434 e. The molecule has 0 N–H and O–H groups in total. The Morgan fingerprint density at radius 1 is 1.53 bits per heavy atom. The molecule has 1 aromatic carbocycles. The van der Waals surface area contributed by atoms with Crippen LogP contribution in [0.3, 0.4) is 0 Å². The SMILES string of the molecule is CC(=O)c1ccc(OC(F)F)c(Br)c1I. The summed E-state index contributed by atoms with van der Waals surface area (Å²) in [6.07, 6.45) is 0. The van der Waals surface area contributed by atoms with Crippen molar-refractivity contribution < 1.29 is 18.3 Å². The lowest BCUT2D eigenvalue weighted by Gasteiger charge is -2.09. The van der Waals surface area contributed by atoms with Crippen molar-refractivity contribution in [1.29, 1.82) is 0 Å². The lowest BCUT2D eigenvalue weighted by Crippen LogP contribution is -2.05. The van der Waals surface area contributed by atoms with E-state index < -0.39 is 6.61 Å². The maximum absolute atomic E-state index is 12.0. The molecule has 0 amide bonds. The molecule has 0 bridgehead atoms. The van der Waals surface area contributed by atoms with Gasteiger partial charge in [0, 0.05) is 9.13 Å². The minimum absolute atomic E-state index is 0.0272. The van der Waals surface area contributed by atoms with Crippen molar-refractivity contribution in [3.63, 3.8) is 0 Å². The van der Waals surface area contributed by atoms with E-state index >= 15 is 0 Å². The Balaban J connectivity index is 3.15. The van der Waals surface area contributed by atoms with Crippen LogP contribution in [-0.4, -0.2) is 12.4 Å². The number of carbonyl (C=O) groups excluding carboxylic acids is 1. The van der Waals surface area contributed by atoms with E-state index in [0.29, 0.717) is 13.6 Å². The summed E-state index contributed by atoms with van der Waals surface area (Å²) in [6, 6.07) is 2.81. The molecule has 1 aromatic rings. The number of carbonyl (C=O) groups is 1. The third-order valence-electron chi connectivity index (χ3n) is 1.64. The Kier molecular flexibility index (Phi) is 4.45. The highest BCUT2D eigenvalue weighted by Crippen LogP contribution is 2.33. The van der Waals surface area contributed by atoms with Gasteiger partial charge in [0.1, 0.15) is 5.75 Å². The molecule has 2 nitrogen and oxygen atoms in total. The Bertz CT molecular complexity index is 396. The second-order valence-corrected chi connectivity index (χ2v) is 4.55. The van der Waals surface area contributed by atoms with Gasteiger partial charge in [-0.3, -0.25) is 4.79 Å². The predicted molar refractivity (Wildman–Crippen MR) is 63.5 cm³/mol. The monoisotopic (exact) mass is 390 g/mol. The number of hydrogen-bond donors (Lipinski definition) is 0. The predicted octanol–water partition coefficient (Wildman–Crippen LogP) is 3.86. The topological polar surface area (TPSA) is 26.3 Å². The van der Waals surface area contributed by atoms with Crippen molar-refractivity contribution in [2.45, 2.75) is 13.5 Å². The third kappa shape index (κ3) is 3.10. The lowest BCUT2D eigenvalue weighted by molar-refractivity contribution is -0.0504. The summed E-state index contributed by atoms with van der Waals surface area (Å²) in [5.41, 5.74) is 0.476. The van der Waals surface area contributed by atoms with Crippen molar-refractivity contribution in [2.24, 2.45) is 0 Å². The Hall–Kier alpha value is -0.240. The summed E-state index contributed by atoms with van der Waals surface area (Å²) in [6.45, 7) is -1.46. The summed E-state index contributed by atoms with van der Waals surface area (Å²) in [5, 5.41) is 0. The van der Waals surface area contributed by atoms with E-state index in [2.05, 4.69) is 20.7 Å². The smallest absolute Gasteiger partial charge is 0.387 e. The van der Waals surface area contributed by atoms with Crippen LogP contribution >= 0.6 is 38.5 Å². The Morgan fingerprint density at radius 3 is 2.60 bits per heavy atom. The van der Waals surface area contributed by atoms with E-state index in [0.717, 1.165) is 0 Å². The largest absolute Gasteiger partial charge is 0.434 e. The standard InChI is InChI=1S/C9H6BrF2IO2/c1-4(14)5-2-3-6(15-9(11)12)7(10)8(5)13/h2-3,9H,1H3. The van der Waals surface area contributed by atoms with Crippen LogP contribution in [0.25, 0.3) is 0 Å². The second kappa shape index (κ2) is 5.20. The molecule has 0 unspecified atom stereocenters. The first-order valence-corrected chi connectivity index (χ1v) is 5.74. The van der Waals surface area contributed by atoms with Crippen molar-refractivity contribution >= 4 is 44.3 Å². The fourth-order valence-electron chi connectivity index (χ4n) is 0.991. The van der Waals surface area contributed by atoms with Gasteiger partial charge in [-0.15, -0.1) is 0 Å². The van der Waals surface area contributed by atoms with Gasteiger partial charge in [0.2, 0.25) is 0 Å². The average molecular weight is 391 g/mol. The molecule has 1 rings (SSSR count). The lowest BCUT2D eigenvalue weighted by atomic mass is 10.1. The first-order chi connectivity index (χ1) is 6.93. The van der Waals surface area contributed by atoms with E-state index in [9.17, 15) is 13.6 Å². The summed E-state index contributed by atoms with van der Waals surface area (Å²) >= 11 is 5.01. The van der Waals surface area contributed by atoms with Gasteiger partial charge in [-0.05, 0) is 57.6 Å². The molecule has 0 spiro atoms. The Morgan fingerprint density at radius 2 is 2.13 bits per heavy atom. The fourth-order valence-corrected chi connectivity index (χ4v) is 2.26. The van der Waals surface area contributed by atoms with Crippen molar-refractivity contribution in [3.8, 4) is 5.75 Å². The molecule has 0 atom stereocenters. The number of alkyl halides is 2. The molecular weight excluding hydrogens is 385 g/mol. The van der Waals surface area contributed by atoms with Gasteiger partial charge >= 0.3 is 6.61 Å². The molecule has 0 aromatic heterocycles. The second-order valence-electron chi connectivity index (χ2n) is 2.67. The average Bonchev–Trinajstić information content (AvgIpc) is 2.12. The zero-order valence-corrected chi connectivity index (χ0v) is 11.3. The molecule has 0 aliphatic heterocycles. The number of ether oxygens (including phenoxy) is 1. The highest BCUT2D eigenvalue weighted by atomic mass is 127. The summed E-state index contributed by atoms with van der Waals surface area (Å²) < 4.78 is 29.2. The van der Waals surface area contributed by atoms with E-state index in [-0.39, 0.29) is 11.5 Å². The van der Waals surface area contributed by atoms with Crippen LogP contribution in [0.2, 0.25) is 0 Å².